The Hall–Kier alpha value is -0.120. The maximum Gasteiger partial charge on any atom is 0.0692 e. The molecule has 3 heteroatoms. The van der Waals surface area contributed by atoms with Gasteiger partial charge >= 0.3 is 0 Å². The molecule has 0 bridgehead atoms. The van der Waals surface area contributed by atoms with Crippen LogP contribution in [-0.4, -0.2) is 34.5 Å². The molecule has 2 atom stereocenters. The highest BCUT2D eigenvalue weighted by Gasteiger charge is 2.36. The van der Waals surface area contributed by atoms with E-state index in [9.17, 15) is 10.2 Å². The average molecular weight is 217 g/mol. The first-order valence-electron chi connectivity index (χ1n) is 5.70. The third kappa shape index (κ3) is 5.50. The minimum Gasteiger partial charge on any atom is -0.392 e. The maximum absolute atomic E-state index is 10.2. The molecule has 0 aliphatic rings. The van der Waals surface area contributed by atoms with Crippen LogP contribution in [0.3, 0.4) is 0 Å². The first-order valence-corrected chi connectivity index (χ1v) is 5.70. The zero-order valence-corrected chi connectivity index (χ0v) is 11.0. The molecule has 3 nitrogen and oxygen atoms in total. The van der Waals surface area contributed by atoms with Gasteiger partial charge in [0.05, 0.1) is 11.7 Å². The lowest BCUT2D eigenvalue weighted by Gasteiger charge is -2.38. The summed E-state index contributed by atoms with van der Waals surface area (Å²) in [5.74, 6) is 0. The van der Waals surface area contributed by atoms with Crippen LogP contribution in [0.15, 0.2) is 0 Å². The van der Waals surface area contributed by atoms with Gasteiger partial charge in [-0.3, -0.25) is 0 Å². The van der Waals surface area contributed by atoms with E-state index in [0.29, 0.717) is 19.0 Å². The third-order valence-electron chi connectivity index (χ3n) is 3.01. The van der Waals surface area contributed by atoms with Crippen LogP contribution in [0.25, 0.3) is 0 Å². The van der Waals surface area contributed by atoms with Crippen molar-refractivity contribution in [3.63, 3.8) is 0 Å². The molecule has 0 aromatic rings. The van der Waals surface area contributed by atoms with Gasteiger partial charge in [-0.2, -0.15) is 0 Å². The van der Waals surface area contributed by atoms with E-state index in [2.05, 4.69) is 5.32 Å². The molecule has 0 heterocycles. The minimum absolute atomic E-state index is 0.216. The summed E-state index contributed by atoms with van der Waals surface area (Å²) in [4.78, 5) is 0. The van der Waals surface area contributed by atoms with E-state index in [0.717, 1.165) is 0 Å². The minimum atomic E-state index is -0.842. The lowest BCUT2D eigenvalue weighted by molar-refractivity contribution is -0.0739. The molecule has 15 heavy (non-hydrogen) atoms. The van der Waals surface area contributed by atoms with Crippen molar-refractivity contribution in [1.82, 2.24) is 5.32 Å². The smallest absolute Gasteiger partial charge is 0.0692 e. The topological polar surface area (TPSA) is 52.5 Å². The molecule has 3 N–H and O–H groups in total. The van der Waals surface area contributed by atoms with E-state index in [-0.39, 0.29) is 5.41 Å². The van der Waals surface area contributed by atoms with Crippen molar-refractivity contribution in [3.8, 4) is 0 Å². The summed E-state index contributed by atoms with van der Waals surface area (Å²) in [6.07, 6.45) is -0.0995. The largest absolute Gasteiger partial charge is 0.392 e. The molecule has 0 rings (SSSR count). The molecule has 0 amide bonds. The molecule has 0 saturated heterocycles. The van der Waals surface area contributed by atoms with Gasteiger partial charge < -0.3 is 15.5 Å². The molecule has 0 spiro atoms. The molecule has 0 unspecified atom stereocenters. The second-order valence-electron chi connectivity index (χ2n) is 5.94. The van der Waals surface area contributed by atoms with Gasteiger partial charge in [-0.15, -0.1) is 0 Å². The lowest BCUT2D eigenvalue weighted by Crippen LogP contribution is -2.45. The fraction of sp³-hybridized carbons (Fsp3) is 1.00. The van der Waals surface area contributed by atoms with Crippen molar-refractivity contribution in [2.24, 2.45) is 5.41 Å². The van der Waals surface area contributed by atoms with E-state index >= 15 is 0 Å². The van der Waals surface area contributed by atoms with Crippen LogP contribution in [-0.2, 0) is 0 Å². The molecule has 0 fully saturated rings. The summed E-state index contributed by atoms with van der Waals surface area (Å²) in [7, 11) is 0. The van der Waals surface area contributed by atoms with Crippen molar-refractivity contribution in [2.75, 3.05) is 6.54 Å². The summed E-state index contributed by atoms with van der Waals surface area (Å²) in [5, 5.41) is 23.1. The number of hydrogen-bond donors (Lipinski definition) is 3. The van der Waals surface area contributed by atoms with E-state index < -0.39 is 11.7 Å². The summed E-state index contributed by atoms with van der Waals surface area (Å²) < 4.78 is 0. The molecule has 0 radical (unpaired) electrons. The Kier molecular flexibility index (Phi) is 5.24. The highest BCUT2D eigenvalue weighted by Crippen LogP contribution is 2.33. The van der Waals surface area contributed by atoms with Crippen molar-refractivity contribution in [3.05, 3.63) is 0 Å². The van der Waals surface area contributed by atoms with Crippen LogP contribution in [0.2, 0.25) is 0 Å². The Bertz CT molecular complexity index is 183. The van der Waals surface area contributed by atoms with Crippen molar-refractivity contribution < 1.29 is 10.2 Å². The molecule has 0 aliphatic carbocycles. The predicted octanol–water partition coefficient (Wildman–Crippen LogP) is 1.53. The van der Waals surface area contributed by atoms with E-state index in [1.807, 2.05) is 34.6 Å². The van der Waals surface area contributed by atoms with Crippen LogP contribution in [0.5, 0.6) is 0 Å². The summed E-state index contributed by atoms with van der Waals surface area (Å²) in [6, 6.07) is 0.360. The van der Waals surface area contributed by atoms with Crippen molar-refractivity contribution >= 4 is 0 Å². The molecular weight excluding hydrogens is 190 g/mol. The van der Waals surface area contributed by atoms with Gasteiger partial charge in [-0.25, -0.2) is 0 Å². The zero-order chi connectivity index (χ0) is 12.3. The first-order chi connectivity index (χ1) is 6.56. The van der Waals surface area contributed by atoms with Crippen LogP contribution in [0.1, 0.15) is 48.0 Å². The van der Waals surface area contributed by atoms with Gasteiger partial charge in [0.1, 0.15) is 0 Å². The molecule has 0 aromatic carbocycles. The van der Waals surface area contributed by atoms with Crippen LogP contribution < -0.4 is 5.32 Å². The van der Waals surface area contributed by atoms with E-state index in [4.69, 9.17) is 0 Å². The Morgan fingerprint density at radius 3 is 1.93 bits per heavy atom. The highest BCUT2D eigenvalue weighted by atomic mass is 16.3. The average Bonchev–Trinajstić information content (AvgIpc) is 1.97. The normalized spacial score (nSPS) is 19.0. The SMILES string of the molecule is CC(C)NC[C@H](O)C[C@](C)(O)C(C)(C)C. The second-order valence-corrected chi connectivity index (χ2v) is 5.94. The fourth-order valence-corrected chi connectivity index (χ4v) is 1.21. The van der Waals surface area contributed by atoms with Crippen molar-refractivity contribution in [1.29, 1.82) is 0 Å². The summed E-state index contributed by atoms with van der Waals surface area (Å²) >= 11 is 0. The molecule has 92 valence electrons. The standard InChI is InChI=1S/C12H27NO2/c1-9(2)13-8-10(14)7-12(6,15)11(3,4)5/h9-10,13-15H,7-8H2,1-6H3/t10-,12+/m1/s1. The summed E-state index contributed by atoms with van der Waals surface area (Å²) in [6.45, 7) is 12.3. The monoisotopic (exact) mass is 217 g/mol. The summed E-state index contributed by atoms with van der Waals surface area (Å²) in [5.41, 5.74) is -1.06. The van der Waals surface area contributed by atoms with Gasteiger partial charge in [0.2, 0.25) is 0 Å². The third-order valence-corrected chi connectivity index (χ3v) is 3.01. The fourth-order valence-electron chi connectivity index (χ4n) is 1.21. The molecule has 0 aliphatic heterocycles. The number of aliphatic hydroxyl groups is 2. The Labute approximate surface area is 93.9 Å². The quantitative estimate of drug-likeness (QED) is 0.654. The van der Waals surface area contributed by atoms with Gasteiger partial charge in [0.25, 0.3) is 0 Å². The van der Waals surface area contributed by atoms with E-state index in [1.54, 1.807) is 6.92 Å². The molecule has 0 saturated carbocycles. The second kappa shape index (κ2) is 5.28. The number of hydrogen-bond acceptors (Lipinski definition) is 3. The Morgan fingerprint density at radius 2 is 1.60 bits per heavy atom. The number of rotatable bonds is 5. The van der Waals surface area contributed by atoms with Gasteiger partial charge in [0, 0.05) is 19.0 Å². The lowest BCUT2D eigenvalue weighted by atomic mass is 9.74. The molecular formula is C12H27NO2. The van der Waals surface area contributed by atoms with Gasteiger partial charge in [0.15, 0.2) is 0 Å². The Balaban J connectivity index is 4.11. The maximum atomic E-state index is 10.2. The highest BCUT2D eigenvalue weighted by molar-refractivity contribution is 4.88. The zero-order valence-electron chi connectivity index (χ0n) is 11.0. The van der Waals surface area contributed by atoms with Crippen LogP contribution in [0.4, 0.5) is 0 Å². The van der Waals surface area contributed by atoms with Gasteiger partial charge in [-0.05, 0) is 12.3 Å². The first kappa shape index (κ1) is 14.9. The van der Waals surface area contributed by atoms with E-state index in [1.165, 1.54) is 0 Å². The van der Waals surface area contributed by atoms with Crippen LogP contribution >= 0.6 is 0 Å². The predicted molar refractivity (Wildman–Crippen MR) is 63.8 cm³/mol. The van der Waals surface area contributed by atoms with Crippen molar-refractivity contribution in [2.45, 2.75) is 65.7 Å². The van der Waals surface area contributed by atoms with Crippen LogP contribution in [0, 0.1) is 5.41 Å². The number of nitrogens with one attached hydrogen (secondary N) is 1. The molecule has 0 aromatic heterocycles. The Morgan fingerprint density at radius 1 is 1.13 bits per heavy atom. The number of aliphatic hydroxyl groups excluding tert-OH is 1. The van der Waals surface area contributed by atoms with Gasteiger partial charge in [-0.1, -0.05) is 34.6 Å².